The molecule has 2 rings (SSSR count). The van der Waals surface area contributed by atoms with Gasteiger partial charge in [0, 0.05) is 11.1 Å². The third kappa shape index (κ3) is 1.93. The van der Waals surface area contributed by atoms with Gasteiger partial charge in [-0.1, -0.05) is 15.9 Å². The Morgan fingerprint density at radius 2 is 2.07 bits per heavy atom. The molecule has 0 aliphatic rings. The van der Waals surface area contributed by atoms with Gasteiger partial charge >= 0.3 is 0 Å². The highest BCUT2D eigenvalue weighted by Crippen LogP contribution is 2.16. The molecule has 2 aromatic rings. The molecular formula is C9H10BrN3O. The van der Waals surface area contributed by atoms with E-state index >= 15 is 0 Å². The number of halogens is 1. The number of aliphatic hydroxyl groups is 1. The predicted molar refractivity (Wildman–Crippen MR) is 56.9 cm³/mol. The van der Waals surface area contributed by atoms with E-state index in [2.05, 4.69) is 26.1 Å². The van der Waals surface area contributed by atoms with Crippen molar-refractivity contribution in [2.75, 3.05) is 6.61 Å². The Morgan fingerprint density at radius 1 is 1.29 bits per heavy atom. The van der Waals surface area contributed by atoms with E-state index in [-0.39, 0.29) is 6.61 Å². The van der Waals surface area contributed by atoms with Crippen LogP contribution in [0.2, 0.25) is 0 Å². The topological polar surface area (TPSA) is 50.9 Å². The van der Waals surface area contributed by atoms with Gasteiger partial charge in [0.1, 0.15) is 11.0 Å². The summed E-state index contributed by atoms with van der Waals surface area (Å²) in [5.41, 5.74) is 1.75. The molecule has 4 nitrogen and oxygen atoms in total. The van der Waals surface area contributed by atoms with E-state index in [0.29, 0.717) is 13.0 Å². The molecule has 1 N–H and O–H groups in total. The molecule has 0 saturated carbocycles. The maximum absolute atomic E-state index is 8.67. The second-order valence-corrected chi connectivity index (χ2v) is 3.92. The van der Waals surface area contributed by atoms with Crippen LogP contribution in [0.4, 0.5) is 0 Å². The average Bonchev–Trinajstić information content (AvgIpc) is 2.56. The molecule has 0 unspecified atom stereocenters. The summed E-state index contributed by atoms with van der Waals surface area (Å²) < 4.78 is 0.999. The van der Waals surface area contributed by atoms with E-state index < -0.39 is 0 Å². The van der Waals surface area contributed by atoms with Crippen LogP contribution in [0.25, 0.3) is 11.0 Å². The highest BCUT2D eigenvalue weighted by atomic mass is 79.9. The van der Waals surface area contributed by atoms with Crippen molar-refractivity contribution >= 4 is 27.0 Å². The van der Waals surface area contributed by atoms with E-state index in [9.17, 15) is 0 Å². The minimum atomic E-state index is 0.168. The number of hydrogen-bond donors (Lipinski definition) is 1. The van der Waals surface area contributed by atoms with Crippen LogP contribution in [0, 0.1) is 0 Å². The van der Waals surface area contributed by atoms with Crippen LogP contribution in [0.1, 0.15) is 6.42 Å². The van der Waals surface area contributed by atoms with Crippen molar-refractivity contribution in [2.45, 2.75) is 13.0 Å². The first-order valence-electron chi connectivity index (χ1n) is 4.41. The molecule has 0 fully saturated rings. The van der Waals surface area contributed by atoms with E-state index in [0.717, 1.165) is 15.5 Å². The Bertz CT molecular complexity index is 441. The lowest BCUT2D eigenvalue weighted by atomic mass is 10.3. The smallest absolute Gasteiger partial charge is 0.114 e. The first kappa shape index (κ1) is 9.61. The van der Waals surface area contributed by atoms with Crippen LogP contribution >= 0.6 is 15.9 Å². The summed E-state index contributed by atoms with van der Waals surface area (Å²) in [5.74, 6) is 0. The van der Waals surface area contributed by atoms with Gasteiger partial charge in [0.05, 0.1) is 6.54 Å². The third-order valence-electron chi connectivity index (χ3n) is 1.90. The normalized spacial score (nSPS) is 11.0. The molecule has 0 atom stereocenters. The Balaban J connectivity index is 2.32. The summed E-state index contributed by atoms with van der Waals surface area (Å²) >= 11 is 3.38. The highest BCUT2D eigenvalue weighted by molar-refractivity contribution is 9.10. The van der Waals surface area contributed by atoms with Gasteiger partial charge < -0.3 is 5.11 Å². The Morgan fingerprint density at radius 3 is 2.86 bits per heavy atom. The maximum Gasteiger partial charge on any atom is 0.114 e. The number of aromatic nitrogens is 3. The van der Waals surface area contributed by atoms with Crippen LogP contribution in [0.5, 0.6) is 0 Å². The number of fused-ring (bicyclic) bond motifs is 1. The highest BCUT2D eigenvalue weighted by Gasteiger charge is 2.01. The molecular weight excluding hydrogens is 246 g/mol. The van der Waals surface area contributed by atoms with E-state index in [4.69, 9.17) is 5.11 Å². The lowest BCUT2D eigenvalue weighted by Gasteiger charge is -1.94. The quantitative estimate of drug-likeness (QED) is 0.906. The number of aryl methyl sites for hydroxylation is 1. The molecule has 0 saturated heterocycles. The molecule has 1 aromatic carbocycles. The fraction of sp³-hybridized carbons (Fsp3) is 0.333. The molecule has 0 spiro atoms. The second kappa shape index (κ2) is 4.06. The summed E-state index contributed by atoms with van der Waals surface area (Å²) in [7, 11) is 0. The van der Waals surface area contributed by atoms with Crippen molar-refractivity contribution in [3.63, 3.8) is 0 Å². The van der Waals surface area contributed by atoms with E-state index in [1.54, 1.807) is 4.80 Å². The van der Waals surface area contributed by atoms with Crippen molar-refractivity contribution in [2.24, 2.45) is 0 Å². The Hall–Kier alpha value is -0.940. The lowest BCUT2D eigenvalue weighted by Crippen LogP contribution is -2.03. The fourth-order valence-corrected chi connectivity index (χ4v) is 1.59. The second-order valence-electron chi connectivity index (χ2n) is 3.01. The molecule has 1 aromatic heterocycles. The van der Waals surface area contributed by atoms with Gasteiger partial charge in [-0.25, -0.2) is 0 Å². The molecule has 74 valence electrons. The van der Waals surface area contributed by atoms with Gasteiger partial charge in [-0.05, 0) is 24.6 Å². The zero-order chi connectivity index (χ0) is 9.97. The first-order valence-corrected chi connectivity index (χ1v) is 5.20. The van der Waals surface area contributed by atoms with Gasteiger partial charge in [-0.2, -0.15) is 15.0 Å². The summed E-state index contributed by atoms with van der Waals surface area (Å²) in [6, 6.07) is 5.78. The maximum atomic E-state index is 8.67. The van der Waals surface area contributed by atoms with Crippen LogP contribution < -0.4 is 0 Å². The van der Waals surface area contributed by atoms with Gasteiger partial charge in [0.15, 0.2) is 0 Å². The van der Waals surface area contributed by atoms with Crippen LogP contribution in [0.3, 0.4) is 0 Å². The van der Waals surface area contributed by atoms with Crippen molar-refractivity contribution in [3.8, 4) is 0 Å². The predicted octanol–water partition coefficient (Wildman–Crippen LogP) is 1.58. The van der Waals surface area contributed by atoms with Crippen LogP contribution in [0.15, 0.2) is 22.7 Å². The third-order valence-corrected chi connectivity index (χ3v) is 2.39. The number of rotatable bonds is 3. The molecule has 5 heteroatoms. The SMILES string of the molecule is OCCCn1nc2ccc(Br)cc2n1. The van der Waals surface area contributed by atoms with Gasteiger partial charge in [0.2, 0.25) is 0 Å². The Kier molecular flexibility index (Phi) is 2.79. The fourth-order valence-electron chi connectivity index (χ4n) is 1.24. The summed E-state index contributed by atoms with van der Waals surface area (Å²) in [6.45, 7) is 0.824. The van der Waals surface area contributed by atoms with Gasteiger partial charge in [-0.15, -0.1) is 0 Å². The summed E-state index contributed by atoms with van der Waals surface area (Å²) in [6.07, 6.45) is 0.683. The first-order chi connectivity index (χ1) is 6.79. The molecule has 14 heavy (non-hydrogen) atoms. The summed E-state index contributed by atoms with van der Waals surface area (Å²) in [4.78, 5) is 1.62. The van der Waals surface area contributed by atoms with Crippen molar-refractivity contribution in [1.29, 1.82) is 0 Å². The summed E-state index contributed by atoms with van der Waals surface area (Å²) in [5, 5.41) is 17.2. The standard InChI is InChI=1S/C9H10BrN3O/c10-7-2-3-8-9(6-7)12-13(11-8)4-1-5-14/h2-3,6,14H,1,4-5H2. The minimum Gasteiger partial charge on any atom is -0.396 e. The van der Waals surface area contributed by atoms with E-state index in [1.165, 1.54) is 0 Å². The van der Waals surface area contributed by atoms with Gasteiger partial charge in [0.25, 0.3) is 0 Å². The van der Waals surface area contributed by atoms with Crippen LogP contribution in [-0.4, -0.2) is 26.7 Å². The molecule has 0 bridgehead atoms. The number of nitrogens with zero attached hydrogens (tertiary/aromatic N) is 3. The molecule has 0 radical (unpaired) electrons. The molecule has 0 aliphatic heterocycles. The van der Waals surface area contributed by atoms with E-state index in [1.807, 2.05) is 18.2 Å². The number of benzene rings is 1. The van der Waals surface area contributed by atoms with Crippen molar-refractivity contribution in [3.05, 3.63) is 22.7 Å². The molecule has 1 heterocycles. The monoisotopic (exact) mass is 255 g/mol. The van der Waals surface area contributed by atoms with Crippen LogP contribution in [-0.2, 0) is 6.54 Å². The minimum absolute atomic E-state index is 0.168. The average molecular weight is 256 g/mol. The Labute approximate surface area is 89.7 Å². The van der Waals surface area contributed by atoms with Crippen molar-refractivity contribution < 1.29 is 5.11 Å². The number of aliphatic hydroxyl groups excluding tert-OH is 1. The largest absolute Gasteiger partial charge is 0.396 e. The lowest BCUT2D eigenvalue weighted by molar-refractivity contribution is 0.273. The molecule has 0 amide bonds. The van der Waals surface area contributed by atoms with Gasteiger partial charge in [-0.3, -0.25) is 0 Å². The zero-order valence-corrected chi connectivity index (χ0v) is 9.11. The number of hydrogen-bond acceptors (Lipinski definition) is 3. The molecule has 0 aliphatic carbocycles. The zero-order valence-electron chi connectivity index (χ0n) is 7.52. The van der Waals surface area contributed by atoms with Crippen molar-refractivity contribution in [1.82, 2.24) is 15.0 Å².